The quantitative estimate of drug-likeness (QED) is 0.173. The van der Waals surface area contributed by atoms with E-state index in [2.05, 4.69) is 15.0 Å². The van der Waals surface area contributed by atoms with Crippen LogP contribution in [-0.2, 0) is 14.4 Å². The van der Waals surface area contributed by atoms with Gasteiger partial charge in [-0.25, -0.2) is 0 Å². The number of nitrogens with zero attached hydrogens (tertiary/aromatic N) is 3. The molecule has 1 aromatic heterocycles. The molecule has 0 bridgehead atoms. The van der Waals surface area contributed by atoms with Gasteiger partial charge >= 0.3 is 0 Å². The number of hydrogen-bond donors (Lipinski definition) is 8. The minimum absolute atomic E-state index is 0.0258. The van der Waals surface area contributed by atoms with E-state index >= 15 is 0 Å². The van der Waals surface area contributed by atoms with Gasteiger partial charge in [0.25, 0.3) is 0 Å². The molecule has 1 heterocycles. The first-order chi connectivity index (χ1) is 11.6. The fourth-order valence-electron chi connectivity index (χ4n) is 1.05. The third-order valence-corrected chi connectivity index (χ3v) is 2.16. The molecule has 14 nitrogen and oxygen atoms in total. The average Bonchev–Trinajstić information content (AvgIpc) is 2.58. The maximum Gasteiger partial charge on any atom is 0.226 e. The molecule has 0 aliphatic heterocycles. The maximum absolute atomic E-state index is 9.90. The fourth-order valence-corrected chi connectivity index (χ4v) is 1.05. The molecule has 0 saturated heterocycles. The number of aromatic nitrogens is 3. The molecule has 1 rings (SSSR count). The third kappa shape index (κ3) is 11.4. The lowest BCUT2D eigenvalue weighted by molar-refractivity contribution is -0.136. The van der Waals surface area contributed by atoms with Crippen LogP contribution in [0.1, 0.15) is 0 Å². The summed E-state index contributed by atoms with van der Waals surface area (Å²) in [7, 11) is 0. The zero-order chi connectivity index (χ0) is 20.0. The molecule has 0 spiro atoms. The number of carbonyl (C=O) groups is 3. The Balaban J connectivity index is 0. The molecule has 0 unspecified atom stereocenters. The van der Waals surface area contributed by atoms with E-state index in [9.17, 15) is 4.79 Å². The maximum atomic E-state index is 9.90. The van der Waals surface area contributed by atoms with Crippen LogP contribution in [0.25, 0.3) is 0 Å². The molecule has 0 fully saturated rings. The highest BCUT2D eigenvalue weighted by Gasteiger charge is 2.29. The first kappa shape index (κ1) is 24.5. The SMILES string of the molecule is Nc1nc(N)nc(N)n1.O=CC=O.O=C[C@H](O)[C@@H](O)[C@H](O)[C@H](O)CO. The lowest BCUT2D eigenvalue weighted by atomic mass is 10.0. The number of rotatable bonds is 6. The standard InChI is InChI=1S/C6H12O6.C3H6N6.C2H2O2/c7-1-3(9)5(11)6(12)4(10)2-8;4-1-7-2(5)9-3(6)8-1;3-1-2-4/h1,3-6,8-12H,2H2;(H6,4,5,6,7,8,9);1-2H/t3-,4+,5+,6+;;/m0../s1. The smallest absolute Gasteiger partial charge is 0.226 e. The van der Waals surface area contributed by atoms with Crippen molar-refractivity contribution in [3.05, 3.63) is 0 Å². The molecule has 0 aliphatic carbocycles. The molecule has 0 aliphatic rings. The number of nitrogens with two attached hydrogens (primary N) is 3. The van der Waals surface area contributed by atoms with Crippen molar-refractivity contribution in [1.29, 1.82) is 0 Å². The number of carbonyl (C=O) groups excluding carboxylic acids is 3. The highest BCUT2D eigenvalue weighted by molar-refractivity contribution is 6.09. The van der Waals surface area contributed by atoms with Gasteiger partial charge in [-0.15, -0.1) is 0 Å². The van der Waals surface area contributed by atoms with Crippen LogP contribution in [0, 0.1) is 0 Å². The van der Waals surface area contributed by atoms with Crippen LogP contribution in [0.15, 0.2) is 0 Å². The second-order valence-corrected chi connectivity index (χ2v) is 4.04. The number of hydrogen-bond acceptors (Lipinski definition) is 14. The first-order valence-electron chi connectivity index (χ1n) is 6.34. The summed E-state index contributed by atoms with van der Waals surface area (Å²) in [6, 6.07) is 0. The molecule has 11 N–H and O–H groups in total. The van der Waals surface area contributed by atoms with Gasteiger partial charge in [0.05, 0.1) is 6.61 Å². The normalized spacial score (nSPS) is 14.3. The molecule has 14 heteroatoms. The van der Waals surface area contributed by atoms with Gasteiger partial charge in [0.2, 0.25) is 17.8 Å². The Bertz CT molecular complexity index is 477. The molecule has 4 atom stereocenters. The van der Waals surface area contributed by atoms with Gasteiger partial charge in [0, 0.05) is 0 Å². The van der Waals surface area contributed by atoms with E-state index < -0.39 is 31.0 Å². The second kappa shape index (κ2) is 13.6. The van der Waals surface area contributed by atoms with Crippen molar-refractivity contribution in [2.45, 2.75) is 24.4 Å². The van der Waals surface area contributed by atoms with Crippen molar-refractivity contribution in [1.82, 2.24) is 15.0 Å². The van der Waals surface area contributed by atoms with Gasteiger partial charge in [0.1, 0.15) is 24.4 Å². The molecular weight excluding hydrogens is 344 g/mol. The molecule has 142 valence electrons. The lowest BCUT2D eigenvalue weighted by Crippen LogP contribution is -2.46. The van der Waals surface area contributed by atoms with Gasteiger partial charge < -0.3 is 47.5 Å². The van der Waals surface area contributed by atoms with Crippen LogP contribution in [0.5, 0.6) is 0 Å². The number of aldehydes is 3. The number of nitrogen functional groups attached to an aromatic ring is 3. The number of aliphatic hydroxyl groups excluding tert-OH is 5. The van der Waals surface area contributed by atoms with Gasteiger partial charge in [-0.1, -0.05) is 0 Å². The summed E-state index contributed by atoms with van der Waals surface area (Å²) in [5.41, 5.74) is 15.4. The van der Waals surface area contributed by atoms with Crippen molar-refractivity contribution < 1.29 is 39.9 Å². The molecule has 1 aromatic rings. The van der Waals surface area contributed by atoms with Crippen molar-refractivity contribution >= 4 is 36.7 Å². The topological polar surface area (TPSA) is 269 Å². The van der Waals surface area contributed by atoms with E-state index in [1.165, 1.54) is 0 Å². The highest BCUT2D eigenvalue weighted by atomic mass is 16.4. The van der Waals surface area contributed by atoms with Gasteiger partial charge in [-0.2, -0.15) is 15.0 Å². The van der Waals surface area contributed by atoms with Gasteiger partial charge in [-0.05, 0) is 0 Å². The lowest BCUT2D eigenvalue weighted by Gasteiger charge is -2.22. The van der Waals surface area contributed by atoms with Crippen LogP contribution >= 0.6 is 0 Å². The van der Waals surface area contributed by atoms with Crippen LogP contribution in [0.4, 0.5) is 17.8 Å². The highest BCUT2D eigenvalue weighted by Crippen LogP contribution is 2.03. The van der Waals surface area contributed by atoms with E-state index in [1.807, 2.05) is 0 Å². The minimum Gasteiger partial charge on any atom is -0.394 e. The molecule has 0 radical (unpaired) electrons. The van der Waals surface area contributed by atoms with Gasteiger partial charge in [-0.3, -0.25) is 9.59 Å². The first-order valence-corrected chi connectivity index (χ1v) is 6.34. The Hall–Kier alpha value is -2.78. The van der Waals surface area contributed by atoms with Crippen molar-refractivity contribution in [3.8, 4) is 0 Å². The van der Waals surface area contributed by atoms with E-state index in [0.29, 0.717) is 0 Å². The van der Waals surface area contributed by atoms with Crippen LogP contribution < -0.4 is 17.2 Å². The summed E-state index contributed by atoms with van der Waals surface area (Å²) >= 11 is 0. The Kier molecular flexibility index (Phi) is 13.4. The fraction of sp³-hybridized carbons (Fsp3) is 0.455. The summed E-state index contributed by atoms with van der Waals surface area (Å²) in [5.74, 6) is 0.125. The van der Waals surface area contributed by atoms with Crippen LogP contribution in [0.3, 0.4) is 0 Å². The van der Waals surface area contributed by atoms with Crippen molar-refractivity contribution in [2.75, 3.05) is 23.8 Å². The number of aliphatic hydroxyl groups is 5. The Labute approximate surface area is 140 Å². The largest absolute Gasteiger partial charge is 0.394 e. The van der Waals surface area contributed by atoms with E-state index in [-0.39, 0.29) is 36.7 Å². The predicted molar refractivity (Wildman–Crippen MR) is 82.4 cm³/mol. The Morgan fingerprint density at radius 3 is 1.40 bits per heavy atom. The Morgan fingerprint density at radius 2 is 1.16 bits per heavy atom. The third-order valence-electron chi connectivity index (χ3n) is 2.16. The summed E-state index contributed by atoms with van der Waals surface area (Å²) in [4.78, 5) is 38.0. The second-order valence-electron chi connectivity index (χ2n) is 4.04. The van der Waals surface area contributed by atoms with E-state index in [1.54, 1.807) is 0 Å². The molecule has 0 amide bonds. The monoisotopic (exact) mass is 364 g/mol. The zero-order valence-corrected chi connectivity index (χ0v) is 12.8. The van der Waals surface area contributed by atoms with E-state index in [4.69, 9.17) is 52.3 Å². The van der Waals surface area contributed by atoms with Gasteiger partial charge in [0.15, 0.2) is 18.9 Å². The predicted octanol–water partition coefficient (Wildman–Crippen LogP) is -5.38. The molecule has 0 aromatic carbocycles. The van der Waals surface area contributed by atoms with Crippen molar-refractivity contribution in [3.63, 3.8) is 0 Å². The summed E-state index contributed by atoms with van der Waals surface area (Å²) in [6.07, 6.45) is -6.45. The minimum atomic E-state index is -1.79. The number of anilines is 3. The van der Waals surface area contributed by atoms with E-state index in [0.717, 1.165) is 0 Å². The van der Waals surface area contributed by atoms with Crippen LogP contribution in [-0.4, -0.2) is 90.4 Å². The Morgan fingerprint density at radius 1 is 0.800 bits per heavy atom. The zero-order valence-electron chi connectivity index (χ0n) is 12.8. The molecule has 25 heavy (non-hydrogen) atoms. The summed E-state index contributed by atoms with van der Waals surface area (Å²) < 4.78 is 0. The summed E-state index contributed by atoms with van der Waals surface area (Å²) in [6.45, 7) is -0.760. The molecular formula is C11H20N6O8. The molecule has 0 saturated carbocycles. The average molecular weight is 364 g/mol. The van der Waals surface area contributed by atoms with Crippen molar-refractivity contribution in [2.24, 2.45) is 0 Å². The summed E-state index contributed by atoms with van der Waals surface area (Å²) in [5, 5.41) is 43.5. The van der Waals surface area contributed by atoms with Crippen LogP contribution in [0.2, 0.25) is 0 Å².